The first-order valence-electron chi connectivity index (χ1n) is 7.10. The van der Waals surface area contributed by atoms with E-state index in [4.69, 9.17) is 5.11 Å². The maximum Gasteiger partial charge on any atom is 0.407 e. The van der Waals surface area contributed by atoms with Gasteiger partial charge >= 0.3 is 6.09 Å². The highest BCUT2D eigenvalue weighted by Crippen LogP contribution is 2.27. The molecule has 0 bridgehead atoms. The molecule has 0 radical (unpaired) electrons. The van der Waals surface area contributed by atoms with Crippen LogP contribution in [0.25, 0.3) is 0 Å². The van der Waals surface area contributed by atoms with Crippen LogP contribution in [0.4, 0.5) is 9.18 Å². The second-order valence-electron chi connectivity index (χ2n) is 5.70. The molecule has 0 saturated carbocycles. The number of amides is 2. The molecule has 0 atom stereocenters. The standard InChI is InChI=1S/C15H17FN2O3/c16-12-1-2-13-11(7-12)9-18(14(13)19)8-10-3-5-17(6-4-10)15(20)21/h1-2,7,10H,3-6,8-9H2,(H,20,21). The summed E-state index contributed by atoms with van der Waals surface area (Å²) in [6.07, 6.45) is 0.648. The molecule has 1 fully saturated rings. The Kier molecular flexibility index (Phi) is 3.53. The molecule has 1 saturated heterocycles. The van der Waals surface area contributed by atoms with Crippen LogP contribution in [0.3, 0.4) is 0 Å². The summed E-state index contributed by atoms with van der Waals surface area (Å²) < 4.78 is 13.2. The summed E-state index contributed by atoms with van der Waals surface area (Å²) in [6, 6.07) is 4.27. The number of likely N-dealkylation sites (tertiary alicyclic amines) is 1. The lowest BCUT2D eigenvalue weighted by Crippen LogP contribution is -2.41. The molecule has 5 nitrogen and oxygen atoms in total. The number of nitrogens with zero attached hydrogens (tertiary/aromatic N) is 2. The van der Waals surface area contributed by atoms with Crippen LogP contribution in [-0.4, -0.2) is 46.5 Å². The van der Waals surface area contributed by atoms with Gasteiger partial charge < -0.3 is 14.9 Å². The van der Waals surface area contributed by atoms with Gasteiger partial charge in [-0.1, -0.05) is 0 Å². The maximum absolute atomic E-state index is 13.2. The molecule has 2 aliphatic rings. The second-order valence-corrected chi connectivity index (χ2v) is 5.70. The Morgan fingerprint density at radius 2 is 2.05 bits per heavy atom. The van der Waals surface area contributed by atoms with E-state index in [-0.39, 0.29) is 11.7 Å². The molecule has 0 spiro atoms. The minimum Gasteiger partial charge on any atom is -0.465 e. The summed E-state index contributed by atoms with van der Waals surface area (Å²) >= 11 is 0. The largest absolute Gasteiger partial charge is 0.465 e. The number of piperidine rings is 1. The SMILES string of the molecule is O=C(O)N1CCC(CN2Cc3cc(F)ccc3C2=O)CC1. The third-order valence-electron chi connectivity index (χ3n) is 4.31. The van der Waals surface area contributed by atoms with Gasteiger partial charge in [0, 0.05) is 31.7 Å². The van der Waals surface area contributed by atoms with Crippen molar-refractivity contribution in [2.24, 2.45) is 5.92 Å². The van der Waals surface area contributed by atoms with Gasteiger partial charge in [0.05, 0.1) is 0 Å². The molecule has 3 rings (SSSR count). The lowest BCUT2D eigenvalue weighted by Gasteiger charge is -2.32. The molecule has 6 heteroatoms. The first-order chi connectivity index (χ1) is 10.0. The average molecular weight is 292 g/mol. The Labute approximate surface area is 122 Å². The van der Waals surface area contributed by atoms with Crippen LogP contribution in [0.5, 0.6) is 0 Å². The first kappa shape index (κ1) is 13.9. The maximum atomic E-state index is 13.2. The topological polar surface area (TPSA) is 60.9 Å². The summed E-state index contributed by atoms with van der Waals surface area (Å²) in [7, 11) is 0. The van der Waals surface area contributed by atoms with Crippen LogP contribution in [0.15, 0.2) is 18.2 Å². The zero-order chi connectivity index (χ0) is 15.0. The Balaban J connectivity index is 1.61. The number of hydrogen-bond acceptors (Lipinski definition) is 2. The van der Waals surface area contributed by atoms with Crippen LogP contribution in [0.2, 0.25) is 0 Å². The van der Waals surface area contributed by atoms with Crippen molar-refractivity contribution in [3.8, 4) is 0 Å². The van der Waals surface area contributed by atoms with Crippen molar-refractivity contribution in [2.45, 2.75) is 19.4 Å². The lowest BCUT2D eigenvalue weighted by atomic mass is 9.96. The van der Waals surface area contributed by atoms with Gasteiger partial charge in [0.1, 0.15) is 5.82 Å². The molecule has 1 N–H and O–H groups in total. The summed E-state index contributed by atoms with van der Waals surface area (Å²) in [6.45, 7) is 2.10. The molecular formula is C15H17FN2O3. The molecule has 0 aliphatic carbocycles. The van der Waals surface area contributed by atoms with E-state index in [0.717, 1.165) is 18.4 Å². The van der Waals surface area contributed by atoms with Crippen LogP contribution >= 0.6 is 0 Å². The lowest BCUT2D eigenvalue weighted by molar-refractivity contribution is 0.0707. The van der Waals surface area contributed by atoms with Crippen molar-refractivity contribution in [2.75, 3.05) is 19.6 Å². The van der Waals surface area contributed by atoms with Crippen molar-refractivity contribution >= 4 is 12.0 Å². The highest BCUT2D eigenvalue weighted by atomic mass is 19.1. The predicted molar refractivity (Wildman–Crippen MR) is 73.5 cm³/mol. The smallest absolute Gasteiger partial charge is 0.407 e. The van der Waals surface area contributed by atoms with Gasteiger partial charge in [-0.15, -0.1) is 0 Å². The summed E-state index contributed by atoms with van der Waals surface area (Å²) in [4.78, 5) is 26.3. The van der Waals surface area contributed by atoms with Gasteiger partial charge in [-0.2, -0.15) is 0 Å². The Hall–Kier alpha value is -2.11. The number of carbonyl (C=O) groups is 2. The average Bonchev–Trinajstić information content (AvgIpc) is 2.75. The quantitative estimate of drug-likeness (QED) is 0.908. The van der Waals surface area contributed by atoms with E-state index in [2.05, 4.69) is 0 Å². The van der Waals surface area contributed by atoms with Gasteiger partial charge in [-0.25, -0.2) is 9.18 Å². The number of benzene rings is 1. The highest BCUT2D eigenvalue weighted by molar-refractivity contribution is 5.98. The van der Waals surface area contributed by atoms with Gasteiger partial charge in [-0.05, 0) is 42.5 Å². The molecule has 1 aromatic carbocycles. The monoisotopic (exact) mass is 292 g/mol. The molecule has 112 valence electrons. The third kappa shape index (κ3) is 2.70. The summed E-state index contributed by atoms with van der Waals surface area (Å²) in [5.74, 6) is -0.0625. The van der Waals surface area contributed by atoms with E-state index in [9.17, 15) is 14.0 Å². The fourth-order valence-electron chi connectivity index (χ4n) is 3.12. The minimum atomic E-state index is -0.881. The number of carboxylic acid groups (broad SMARTS) is 1. The van der Waals surface area contributed by atoms with Crippen molar-refractivity contribution in [3.05, 3.63) is 35.1 Å². The Morgan fingerprint density at radius 1 is 1.33 bits per heavy atom. The molecule has 2 amide bonds. The number of halogens is 1. The normalized spacial score (nSPS) is 19.0. The molecule has 1 aromatic rings. The van der Waals surface area contributed by atoms with E-state index < -0.39 is 6.09 Å². The van der Waals surface area contributed by atoms with Crippen LogP contribution < -0.4 is 0 Å². The van der Waals surface area contributed by atoms with E-state index in [1.165, 1.54) is 17.0 Å². The number of hydrogen-bond donors (Lipinski definition) is 1. The molecule has 21 heavy (non-hydrogen) atoms. The van der Waals surface area contributed by atoms with Crippen molar-refractivity contribution in [1.29, 1.82) is 0 Å². The van der Waals surface area contributed by atoms with Crippen molar-refractivity contribution < 1.29 is 19.1 Å². The Bertz CT molecular complexity index is 582. The first-order valence-corrected chi connectivity index (χ1v) is 7.10. The number of rotatable bonds is 2. The zero-order valence-electron chi connectivity index (χ0n) is 11.6. The fourth-order valence-corrected chi connectivity index (χ4v) is 3.12. The molecule has 0 unspecified atom stereocenters. The van der Waals surface area contributed by atoms with Gasteiger partial charge in [-0.3, -0.25) is 4.79 Å². The van der Waals surface area contributed by atoms with Gasteiger partial charge in [0.2, 0.25) is 0 Å². The van der Waals surface area contributed by atoms with Crippen LogP contribution in [-0.2, 0) is 6.54 Å². The predicted octanol–water partition coefficient (Wildman–Crippen LogP) is 2.17. The highest BCUT2D eigenvalue weighted by Gasteiger charge is 2.31. The van der Waals surface area contributed by atoms with E-state index in [1.54, 1.807) is 11.0 Å². The summed E-state index contributed by atoms with van der Waals surface area (Å²) in [5, 5.41) is 8.92. The molecule has 2 heterocycles. The van der Waals surface area contributed by atoms with Crippen molar-refractivity contribution in [1.82, 2.24) is 9.80 Å². The van der Waals surface area contributed by atoms with Gasteiger partial charge in [0.15, 0.2) is 0 Å². The fraction of sp³-hybridized carbons (Fsp3) is 0.467. The minimum absolute atomic E-state index is 0.0503. The van der Waals surface area contributed by atoms with E-state index in [0.29, 0.717) is 37.7 Å². The van der Waals surface area contributed by atoms with E-state index in [1.807, 2.05) is 0 Å². The number of carbonyl (C=O) groups excluding carboxylic acids is 1. The van der Waals surface area contributed by atoms with Crippen LogP contribution in [0, 0.1) is 11.7 Å². The Morgan fingerprint density at radius 3 is 2.71 bits per heavy atom. The number of fused-ring (bicyclic) bond motifs is 1. The van der Waals surface area contributed by atoms with E-state index >= 15 is 0 Å². The third-order valence-corrected chi connectivity index (χ3v) is 4.31. The molecule has 2 aliphatic heterocycles. The second kappa shape index (κ2) is 5.35. The molecular weight excluding hydrogens is 275 g/mol. The van der Waals surface area contributed by atoms with Gasteiger partial charge in [0.25, 0.3) is 5.91 Å². The van der Waals surface area contributed by atoms with Crippen molar-refractivity contribution in [3.63, 3.8) is 0 Å². The van der Waals surface area contributed by atoms with Crippen LogP contribution in [0.1, 0.15) is 28.8 Å². The zero-order valence-corrected chi connectivity index (χ0v) is 11.6. The summed E-state index contributed by atoms with van der Waals surface area (Å²) in [5.41, 5.74) is 1.32. The molecule has 0 aromatic heterocycles.